The molecule has 7 rings (SSSR count). The number of ketones is 2. The second kappa shape index (κ2) is 9.78. The highest BCUT2D eigenvalue weighted by atomic mass is 19.1. The molecule has 0 aromatic carbocycles. The summed E-state index contributed by atoms with van der Waals surface area (Å²) in [7, 11) is 2.10. The molecule has 226 valence electrons. The molecular formula is C33H47FN2O5. The maximum atomic E-state index is 17.7. The van der Waals surface area contributed by atoms with E-state index in [-0.39, 0.29) is 36.2 Å². The van der Waals surface area contributed by atoms with Gasteiger partial charge in [0.15, 0.2) is 29.1 Å². The first-order chi connectivity index (χ1) is 19.5. The molecule has 5 fully saturated rings. The number of hydrogen-bond donors (Lipinski definition) is 1. The van der Waals surface area contributed by atoms with Crippen molar-refractivity contribution in [2.75, 3.05) is 39.8 Å². The SMILES string of the molecule is CN1CCN(CC(=O)[C@@]23O[C@H](C4CCCCC4)O[C@@H]2C[C@H]2[C@@H]4CC=C5CC(=O)C=C[C@]5(C)[C@@]4(F)[C@@H](O)C[C@@]23C)CC1. The van der Waals surface area contributed by atoms with Gasteiger partial charge in [-0.3, -0.25) is 14.5 Å². The molecule has 0 aromatic heterocycles. The smallest absolute Gasteiger partial charge is 0.181 e. The maximum Gasteiger partial charge on any atom is 0.181 e. The van der Waals surface area contributed by atoms with E-state index in [4.69, 9.17) is 9.47 Å². The van der Waals surface area contributed by atoms with Crippen LogP contribution in [0.3, 0.4) is 0 Å². The summed E-state index contributed by atoms with van der Waals surface area (Å²) in [6.07, 6.45) is 10.0. The first-order valence-electron chi connectivity index (χ1n) is 16.1. The maximum absolute atomic E-state index is 17.7. The quantitative estimate of drug-likeness (QED) is 0.515. The lowest BCUT2D eigenvalue weighted by molar-refractivity contribution is -0.232. The zero-order valence-corrected chi connectivity index (χ0v) is 24.9. The summed E-state index contributed by atoms with van der Waals surface area (Å²) in [5.74, 6) is -0.407. The number of alkyl halides is 1. The van der Waals surface area contributed by atoms with Gasteiger partial charge in [0.05, 0.1) is 18.8 Å². The summed E-state index contributed by atoms with van der Waals surface area (Å²) in [6, 6.07) is 0. The van der Waals surface area contributed by atoms with Crippen LogP contribution < -0.4 is 0 Å². The van der Waals surface area contributed by atoms with Crippen molar-refractivity contribution in [3.63, 3.8) is 0 Å². The molecule has 0 spiro atoms. The molecule has 0 aromatic rings. The molecule has 0 amide bonds. The number of Topliss-reactive ketones (excluding diaryl/α,β-unsaturated/α-hetero) is 1. The van der Waals surface area contributed by atoms with Gasteiger partial charge in [-0.1, -0.05) is 43.9 Å². The molecule has 7 nitrogen and oxygen atoms in total. The molecule has 0 bridgehead atoms. The number of ether oxygens (including phenoxy) is 2. The fourth-order valence-corrected chi connectivity index (χ4v) is 10.3. The van der Waals surface area contributed by atoms with Crippen molar-refractivity contribution in [3.8, 4) is 0 Å². The molecule has 41 heavy (non-hydrogen) atoms. The Morgan fingerprint density at radius 2 is 1.85 bits per heavy atom. The molecule has 1 N–H and O–H groups in total. The Labute approximate surface area is 243 Å². The normalized spacial score (nSPS) is 48.8. The van der Waals surface area contributed by atoms with Crippen LogP contribution in [0.4, 0.5) is 4.39 Å². The average Bonchev–Trinajstić information content (AvgIpc) is 3.45. The number of likely N-dealkylation sites (N-methyl/N-ethyl adjacent to an activating group) is 1. The number of fused-ring (bicyclic) bond motifs is 7. The van der Waals surface area contributed by atoms with Gasteiger partial charge in [-0.2, -0.15) is 0 Å². The van der Waals surface area contributed by atoms with Gasteiger partial charge < -0.3 is 19.5 Å². The topological polar surface area (TPSA) is 79.3 Å². The third-order valence-corrected chi connectivity index (χ3v) is 12.8. The first kappa shape index (κ1) is 28.3. The molecule has 0 unspecified atom stereocenters. The molecule has 2 aliphatic heterocycles. The number of nitrogens with zero attached hydrogens (tertiary/aromatic N) is 2. The number of aliphatic hydroxyl groups excluding tert-OH is 1. The van der Waals surface area contributed by atoms with Crippen LogP contribution in [0.25, 0.3) is 0 Å². The predicted molar refractivity (Wildman–Crippen MR) is 152 cm³/mol. The van der Waals surface area contributed by atoms with Crippen LogP contribution in [-0.2, 0) is 19.1 Å². The summed E-state index contributed by atoms with van der Waals surface area (Å²) < 4.78 is 31.5. The van der Waals surface area contributed by atoms with Crippen LogP contribution in [0.5, 0.6) is 0 Å². The first-order valence-corrected chi connectivity index (χ1v) is 16.1. The van der Waals surface area contributed by atoms with Crippen LogP contribution in [0.1, 0.15) is 71.6 Å². The van der Waals surface area contributed by atoms with Gasteiger partial charge in [-0.05, 0) is 58.1 Å². The van der Waals surface area contributed by atoms with Crippen molar-refractivity contribution in [1.29, 1.82) is 0 Å². The number of allylic oxidation sites excluding steroid dienone is 4. The summed E-state index contributed by atoms with van der Waals surface area (Å²) >= 11 is 0. The minimum Gasteiger partial charge on any atom is -0.390 e. The Bertz CT molecular complexity index is 1160. The van der Waals surface area contributed by atoms with Crippen molar-refractivity contribution in [2.45, 2.75) is 101 Å². The number of carbonyl (C=O) groups is 2. The predicted octanol–water partition coefficient (Wildman–Crippen LogP) is 3.84. The van der Waals surface area contributed by atoms with Crippen LogP contribution in [0.2, 0.25) is 0 Å². The summed E-state index contributed by atoms with van der Waals surface area (Å²) in [5, 5.41) is 11.9. The molecule has 0 radical (unpaired) electrons. The molecule has 2 heterocycles. The summed E-state index contributed by atoms with van der Waals surface area (Å²) in [6.45, 7) is 7.70. The Morgan fingerprint density at radius 3 is 2.59 bits per heavy atom. The van der Waals surface area contributed by atoms with Crippen LogP contribution in [-0.4, -0.2) is 96.0 Å². The number of rotatable bonds is 4. The van der Waals surface area contributed by atoms with Crippen LogP contribution in [0, 0.1) is 28.6 Å². The van der Waals surface area contributed by atoms with E-state index >= 15 is 4.39 Å². The lowest BCUT2D eigenvalue weighted by Gasteiger charge is -2.62. The minimum absolute atomic E-state index is 0.0229. The molecule has 7 aliphatic rings. The average molecular weight is 571 g/mol. The lowest BCUT2D eigenvalue weighted by atomic mass is 9.45. The van der Waals surface area contributed by atoms with Crippen molar-refractivity contribution in [3.05, 3.63) is 23.8 Å². The Morgan fingerprint density at radius 1 is 1.12 bits per heavy atom. The largest absolute Gasteiger partial charge is 0.390 e. The third kappa shape index (κ3) is 3.86. The highest BCUT2D eigenvalue weighted by Gasteiger charge is 2.79. The lowest BCUT2D eigenvalue weighted by Crippen LogP contribution is -2.70. The Kier molecular flexibility index (Phi) is 6.76. The number of hydrogen-bond acceptors (Lipinski definition) is 7. The van der Waals surface area contributed by atoms with Crippen molar-refractivity contribution >= 4 is 11.6 Å². The van der Waals surface area contributed by atoms with Gasteiger partial charge in [-0.25, -0.2) is 4.39 Å². The van der Waals surface area contributed by atoms with Gasteiger partial charge in [0.2, 0.25) is 0 Å². The number of aliphatic hydroxyl groups is 1. The highest BCUT2D eigenvalue weighted by Crippen LogP contribution is 2.71. The Hall–Kier alpha value is -1.45. The van der Waals surface area contributed by atoms with Crippen LogP contribution >= 0.6 is 0 Å². The summed E-state index contributed by atoms with van der Waals surface area (Å²) in [4.78, 5) is 31.4. The molecule has 3 saturated carbocycles. The minimum atomic E-state index is -1.93. The molecule has 5 aliphatic carbocycles. The van der Waals surface area contributed by atoms with E-state index in [0.717, 1.165) is 57.4 Å². The van der Waals surface area contributed by atoms with Crippen molar-refractivity contribution < 1.29 is 28.6 Å². The van der Waals surface area contributed by atoms with Gasteiger partial charge in [-0.15, -0.1) is 0 Å². The van der Waals surface area contributed by atoms with E-state index in [1.165, 1.54) is 12.5 Å². The highest BCUT2D eigenvalue weighted by molar-refractivity contribution is 5.94. The monoisotopic (exact) mass is 570 g/mol. The zero-order chi connectivity index (χ0) is 28.8. The molecule has 2 saturated heterocycles. The van der Waals surface area contributed by atoms with E-state index in [0.29, 0.717) is 19.4 Å². The number of piperazine rings is 1. The van der Waals surface area contributed by atoms with Crippen molar-refractivity contribution in [2.24, 2.45) is 28.6 Å². The molecule has 8 heteroatoms. The number of carbonyl (C=O) groups excluding carboxylic acids is 2. The van der Waals surface area contributed by atoms with Gasteiger partial charge >= 0.3 is 0 Å². The zero-order valence-electron chi connectivity index (χ0n) is 24.9. The second-order valence-corrected chi connectivity index (χ2v) is 14.7. The van der Waals surface area contributed by atoms with Crippen molar-refractivity contribution in [1.82, 2.24) is 9.80 Å². The van der Waals surface area contributed by atoms with E-state index in [1.807, 2.05) is 13.0 Å². The van der Waals surface area contributed by atoms with Crippen LogP contribution in [0.15, 0.2) is 23.8 Å². The standard InChI is InChI=1S/C33H47FN2O5/c1-30-12-11-23(37)17-22(30)9-10-24-25-18-28-33(31(25,2)19-26(38)32(24,30)34,27(39)20-36-15-13-35(3)14-16-36)41-29(40-28)21-7-5-4-6-8-21/h9,11-12,21,24-26,28-29,38H,4-8,10,13-20H2,1-3H3/t24-,25-,26-,28+,29+,30-,31-,32-,33+/m0/s1. The third-order valence-electron chi connectivity index (χ3n) is 12.8. The summed E-state index contributed by atoms with van der Waals surface area (Å²) in [5.41, 5.74) is -4.17. The van der Waals surface area contributed by atoms with E-state index in [2.05, 4.69) is 23.8 Å². The van der Waals surface area contributed by atoms with Gasteiger partial charge in [0.1, 0.15) is 0 Å². The fourth-order valence-electron chi connectivity index (χ4n) is 10.3. The fraction of sp³-hybridized carbons (Fsp3) is 0.818. The Balaban J connectivity index is 1.26. The van der Waals surface area contributed by atoms with Gasteiger partial charge in [0.25, 0.3) is 0 Å². The van der Waals surface area contributed by atoms with Gasteiger partial charge in [0, 0.05) is 55.3 Å². The second-order valence-electron chi connectivity index (χ2n) is 14.7. The van der Waals surface area contributed by atoms with E-state index in [9.17, 15) is 14.7 Å². The number of halogens is 1. The van der Waals surface area contributed by atoms with E-state index < -0.39 is 46.5 Å². The molecule has 9 atom stereocenters. The van der Waals surface area contributed by atoms with E-state index in [1.54, 1.807) is 6.08 Å². The molecular weight excluding hydrogens is 523 g/mol.